The summed E-state index contributed by atoms with van der Waals surface area (Å²) in [6.45, 7) is 0. The molecule has 0 bridgehead atoms. The van der Waals surface area contributed by atoms with Crippen LogP contribution in [0.3, 0.4) is 0 Å². The fourth-order valence-corrected chi connectivity index (χ4v) is 4.65. The van der Waals surface area contributed by atoms with Crippen LogP contribution in [0.4, 0.5) is 11.4 Å². The number of carboxylic acids is 1. The van der Waals surface area contributed by atoms with Gasteiger partial charge in [-0.15, -0.1) is 11.8 Å². The molecule has 0 aromatic heterocycles. The van der Waals surface area contributed by atoms with Gasteiger partial charge in [0, 0.05) is 28.1 Å². The Labute approximate surface area is 207 Å². The van der Waals surface area contributed by atoms with Gasteiger partial charge in [0.2, 0.25) is 11.8 Å². The van der Waals surface area contributed by atoms with Crippen LogP contribution >= 0.6 is 11.8 Å². The van der Waals surface area contributed by atoms with Crippen molar-refractivity contribution in [3.63, 3.8) is 0 Å². The molecule has 0 saturated heterocycles. The average Bonchev–Trinajstić information content (AvgIpc) is 2.87. The van der Waals surface area contributed by atoms with Crippen molar-refractivity contribution >= 4 is 51.7 Å². The second kappa shape index (κ2) is 11.4. The second-order valence-electron chi connectivity index (χ2n) is 7.89. The molecule has 4 aromatic rings. The number of hydrogen-bond donors (Lipinski definition) is 3. The van der Waals surface area contributed by atoms with Crippen LogP contribution in [-0.2, 0) is 14.4 Å². The molecule has 35 heavy (non-hydrogen) atoms. The van der Waals surface area contributed by atoms with Gasteiger partial charge >= 0.3 is 5.97 Å². The molecule has 3 N–H and O–H groups in total. The highest BCUT2D eigenvalue weighted by Crippen LogP contribution is 2.37. The van der Waals surface area contributed by atoms with Crippen LogP contribution in [0, 0.1) is 0 Å². The van der Waals surface area contributed by atoms with E-state index in [0.29, 0.717) is 5.69 Å². The highest BCUT2D eigenvalue weighted by atomic mass is 32.2. The van der Waals surface area contributed by atoms with E-state index in [0.717, 1.165) is 26.9 Å². The molecule has 0 aliphatic heterocycles. The van der Waals surface area contributed by atoms with E-state index >= 15 is 0 Å². The smallest absolute Gasteiger partial charge is 0.303 e. The van der Waals surface area contributed by atoms with Crippen molar-refractivity contribution in [3.05, 3.63) is 103 Å². The Morgan fingerprint density at radius 1 is 0.743 bits per heavy atom. The Hall–Kier alpha value is -4.10. The van der Waals surface area contributed by atoms with Crippen molar-refractivity contribution in [1.82, 2.24) is 0 Å². The summed E-state index contributed by atoms with van der Waals surface area (Å²) in [5.41, 5.74) is 2.21. The zero-order valence-electron chi connectivity index (χ0n) is 18.8. The van der Waals surface area contributed by atoms with Gasteiger partial charge in [-0.25, -0.2) is 0 Å². The molecule has 0 saturated carbocycles. The molecule has 7 heteroatoms. The Bertz CT molecular complexity index is 1330. The Kier molecular flexibility index (Phi) is 7.80. The fraction of sp³-hybridized carbons (Fsp3) is 0.107. The number of carboxylic acid groups (broad SMARTS) is 1. The van der Waals surface area contributed by atoms with Crippen LogP contribution < -0.4 is 10.6 Å². The molecule has 4 rings (SSSR count). The van der Waals surface area contributed by atoms with Crippen LogP contribution in [-0.4, -0.2) is 22.9 Å². The summed E-state index contributed by atoms with van der Waals surface area (Å²) >= 11 is 1.41. The number of carbonyl (C=O) groups excluding carboxylic acids is 2. The third-order valence-corrected chi connectivity index (χ3v) is 6.61. The first-order chi connectivity index (χ1) is 17.0. The van der Waals surface area contributed by atoms with Crippen LogP contribution in [0.2, 0.25) is 0 Å². The topological polar surface area (TPSA) is 95.5 Å². The Morgan fingerprint density at radius 2 is 1.43 bits per heavy atom. The normalized spacial score (nSPS) is 11.5. The van der Waals surface area contributed by atoms with E-state index in [-0.39, 0.29) is 24.7 Å². The minimum Gasteiger partial charge on any atom is -0.481 e. The number of hydrogen-bond acceptors (Lipinski definition) is 4. The molecule has 0 spiro atoms. The molecule has 0 radical (unpaired) electrons. The monoisotopic (exact) mass is 484 g/mol. The van der Waals surface area contributed by atoms with Gasteiger partial charge in [0.15, 0.2) is 0 Å². The highest BCUT2D eigenvalue weighted by molar-refractivity contribution is 8.00. The maximum atomic E-state index is 13.5. The maximum absolute atomic E-state index is 13.5. The van der Waals surface area contributed by atoms with Gasteiger partial charge in [0.1, 0.15) is 5.25 Å². The van der Waals surface area contributed by atoms with Gasteiger partial charge < -0.3 is 15.7 Å². The lowest BCUT2D eigenvalue weighted by Gasteiger charge is -2.18. The third-order valence-electron chi connectivity index (χ3n) is 5.35. The molecule has 4 aromatic carbocycles. The fourth-order valence-electron chi connectivity index (χ4n) is 3.63. The quantitative estimate of drug-likeness (QED) is 0.249. The van der Waals surface area contributed by atoms with E-state index in [1.807, 2.05) is 84.9 Å². The van der Waals surface area contributed by atoms with Crippen LogP contribution in [0.25, 0.3) is 10.8 Å². The molecular weight excluding hydrogens is 460 g/mol. The minimum atomic E-state index is -1.01. The van der Waals surface area contributed by atoms with Crippen molar-refractivity contribution in [2.75, 3.05) is 10.6 Å². The van der Waals surface area contributed by atoms with E-state index in [1.54, 1.807) is 12.1 Å². The van der Waals surface area contributed by atoms with Crippen molar-refractivity contribution in [1.29, 1.82) is 0 Å². The number of anilines is 2. The van der Waals surface area contributed by atoms with Crippen LogP contribution in [0.5, 0.6) is 0 Å². The average molecular weight is 485 g/mol. The minimum absolute atomic E-state index is 0.0870. The van der Waals surface area contributed by atoms with Gasteiger partial charge in [0.05, 0.1) is 6.42 Å². The lowest BCUT2D eigenvalue weighted by molar-refractivity contribution is -0.138. The summed E-state index contributed by atoms with van der Waals surface area (Å²) in [7, 11) is 0. The zero-order valence-corrected chi connectivity index (χ0v) is 19.6. The summed E-state index contributed by atoms with van der Waals surface area (Å²) in [5.74, 6) is -1.51. The molecule has 0 heterocycles. The number of aliphatic carboxylic acids is 1. The number of benzene rings is 4. The largest absolute Gasteiger partial charge is 0.481 e. The number of carbonyl (C=O) groups is 3. The summed E-state index contributed by atoms with van der Waals surface area (Å²) in [6, 6.07) is 30.5. The molecule has 6 nitrogen and oxygen atoms in total. The standard InChI is InChI=1S/C28H24N2O4S/c31-25(17-18-26(32)33)29-21-13-15-22(16-14-21)35-27(20-8-2-1-3-9-20)28(34)30-24-12-6-10-19-7-4-5-11-23(19)24/h1-16,27H,17-18H2,(H,29,31)(H,30,34)(H,32,33). The lowest BCUT2D eigenvalue weighted by Crippen LogP contribution is -2.19. The van der Waals surface area contributed by atoms with Crippen molar-refractivity contribution < 1.29 is 19.5 Å². The maximum Gasteiger partial charge on any atom is 0.303 e. The van der Waals surface area contributed by atoms with E-state index in [9.17, 15) is 14.4 Å². The molecule has 1 atom stereocenters. The molecule has 0 aliphatic carbocycles. The van der Waals surface area contributed by atoms with Crippen molar-refractivity contribution in [2.45, 2.75) is 23.0 Å². The Morgan fingerprint density at radius 3 is 2.17 bits per heavy atom. The van der Waals surface area contributed by atoms with E-state index in [1.165, 1.54) is 11.8 Å². The second-order valence-corrected chi connectivity index (χ2v) is 9.07. The summed E-state index contributed by atoms with van der Waals surface area (Å²) in [6.07, 6.45) is -0.305. The van der Waals surface area contributed by atoms with Crippen LogP contribution in [0.1, 0.15) is 23.7 Å². The van der Waals surface area contributed by atoms with Gasteiger partial charge in [-0.2, -0.15) is 0 Å². The molecule has 176 valence electrons. The molecular formula is C28H24N2O4S. The lowest BCUT2D eigenvalue weighted by atomic mass is 10.1. The highest BCUT2D eigenvalue weighted by Gasteiger charge is 2.23. The molecule has 0 fully saturated rings. The van der Waals surface area contributed by atoms with Crippen LogP contribution in [0.15, 0.2) is 102 Å². The van der Waals surface area contributed by atoms with E-state index < -0.39 is 11.2 Å². The molecule has 2 amide bonds. The number of fused-ring (bicyclic) bond motifs is 1. The van der Waals surface area contributed by atoms with Gasteiger partial charge in [-0.3, -0.25) is 14.4 Å². The zero-order chi connectivity index (χ0) is 24.6. The Balaban J connectivity index is 1.51. The predicted molar refractivity (Wildman–Crippen MR) is 140 cm³/mol. The predicted octanol–water partition coefficient (Wildman–Crippen LogP) is 6.12. The molecule has 1 unspecified atom stereocenters. The first kappa shape index (κ1) is 24.0. The van der Waals surface area contributed by atoms with Gasteiger partial charge in [-0.05, 0) is 41.3 Å². The van der Waals surface area contributed by atoms with Gasteiger partial charge in [-0.1, -0.05) is 66.7 Å². The third kappa shape index (κ3) is 6.49. The first-order valence-corrected chi connectivity index (χ1v) is 12.0. The van der Waals surface area contributed by atoms with E-state index in [2.05, 4.69) is 10.6 Å². The summed E-state index contributed by atoms with van der Waals surface area (Å²) < 4.78 is 0. The van der Waals surface area contributed by atoms with Gasteiger partial charge in [0.25, 0.3) is 0 Å². The summed E-state index contributed by atoms with van der Waals surface area (Å²) in [5, 5.41) is 16.0. The SMILES string of the molecule is O=C(O)CCC(=O)Nc1ccc(SC(C(=O)Nc2cccc3ccccc23)c2ccccc2)cc1. The van der Waals surface area contributed by atoms with Crippen molar-refractivity contribution in [3.8, 4) is 0 Å². The van der Waals surface area contributed by atoms with Crippen molar-refractivity contribution in [2.24, 2.45) is 0 Å². The number of rotatable bonds is 9. The summed E-state index contributed by atoms with van der Waals surface area (Å²) in [4.78, 5) is 36.8. The number of nitrogens with one attached hydrogen (secondary N) is 2. The first-order valence-electron chi connectivity index (χ1n) is 11.1. The molecule has 0 aliphatic rings. The number of thioether (sulfide) groups is 1. The number of amides is 2. The van der Waals surface area contributed by atoms with E-state index in [4.69, 9.17) is 5.11 Å².